The molecule has 1 atom stereocenters. The van der Waals surface area contributed by atoms with Gasteiger partial charge in [-0.25, -0.2) is 0 Å². The van der Waals surface area contributed by atoms with E-state index in [1.807, 2.05) is 12.2 Å². The van der Waals surface area contributed by atoms with Crippen molar-refractivity contribution in [3.05, 3.63) is 34.8 Å². The minimum absolute atomic E-state index is 0.110. The molecule has 0 aliphatic heterocycles. The van der Waals surface area contributed by atoms with Crippen molar-refractivity contribution in [1.82, 2.24) is 9.55 Å². The van der Waals surface area contributed by atoms with E-state index in [2.05, 4.69) is 36.8 Å². The summed E-state index contributed by atoms with van der Waals surface area (Å²) in [7, 11) is 0. The monoisotopic (exact) mass is 323 g/mol. The van der Waals surface area contributed by atoms with E-state index < -0.39 is 4.92 Å². The zero-order valence-corrected chi connectivity index (χ0v) is 10.2. The third kappa shape index (κ3) is 2.91. The Balaban J connectivity index is 2.76. The number of aromatic nitrogens is 2. The molecular weight excluding hydrogens is 318 g/mol. The molecule has 0 amide bonds. The van der Waals surface area contributed by atoms with Gasteiger partial charge in [-0.15, -0.1) is 0 Å². The fourth-order valence-corrected chi connectivity index (χ4v) is 1.47. The lowest BCUT2D eigenvalue weighted by Gasteiger charge is -2.02. The Bertz CT molecular complexity index is 350. The van der Waals surface area contributed by atoms with Gasteiger partial charge in [0.1, 0.15) is 11.1 Å². The fraction of sp³-hybridized carbons (Fsp3) is 0.286. The highest BCUT2D eigenvalue weighted by atomic mass is 79.9. The Hall–Kier alpha value is -0.690. The second kappa shape index (κ2) is 5.26. The summed E-state index contributed by atoms with van der Waals surface area (Å²) in [5.41, 5.74) is 0. The molecule has 0 N–H and O–H groups in total. The van der Waals surface area contributed by atoms with Gasteiger partial charge in [-0.05, 0) is 9.91 Å². The first-order valence-electron chi connectivity index (χ1n) is 3.69. The van der Waals surface area contributed by atoms with E-state index in [4.69, 9.17) is 0 Å². The lowest BCUT2D eigenvalue weighted by Crippen LogP contribution is -1.95. The van der Waals surface area contributed by atoms with Crippen LogP contribution in [-0.2, 0) is 0 Å². The summed E-state index contributed by atoms with van der Waals surface area (Å²) >= 11 is 6.58. The predicted octanol–water partition coefficient (Wildman–Crippen LogP) is 2.64. The normalized spacial score (nSPS) is 13.3. The average Bonchev–Trinajstić information content (AvgIpc) is 2.62. The maximum atomic E-state index is 10.3. The van der Waals surface area contributed by atoms with Gasteiger partial charge in [0.25, 0.3) is 0 Å². The molecule has 0 spiro atoms. The van der Waals surface area contributed by atoms with E-state index >= 15 is 0 Å². The zero-order valence-electron chi connectivity index (χ0n) is 7.01. The molecule has 1 rings (SSSR count). The molecule has 14 heavy (non-hydrogen) atoms. The lowest BCUT2D eigenvalue weighted by atomic mass is 10.5. The second-order valence-corrected chi connectivity index (χ2v) is 3.98. The summed E-state index contributed by atoms with van der Waals surface area (Å²) in [6.45, 7) is 0. The quantitative estimate of drug-likeness (QED) is 0.370. The lowest BCUT2D eigenvalue weighted by molar-refractivity contribution is -0.389. The van der Waals surface area contributed by atoms with Gasteiger partial charge in [-0.3, -0.25) is 4.57 Å². The van der Waals surface area contributed by atoms with Crippen LogP contribution in [0.4, 0.5) is 5.82 Å². The predicted molar refractivity (Wildman–Crippen MR) is 59.8 cm³/mol. The van der Waals surface area contributed by atoms with Crippen molar-refractivity contribution >= 4 is 37.7 Å². The van der Waals surface area contributed by atoms with Crippen LogP contribution < -0.4 is 0 Å². The van der Waals surface area contributed by atoms with E-state index in [0.717, 1.165) is 5.33 Å². The first-order valence-corrected chi connectivity index (χ1v) is 5.73. The number of hydrogen-bond donors (Lipinski definition) is 0. The van der Waals surface area contributed by atoms with Gasteiger partial charge in [0, 0.05) is 5.33 Å². The second-order valence-electron chi connectivity index (χ2n) is 2.39. The van der Waals surface area contributed by atoms with Crippen LogP contribution >= 0.6 is 31.9 Å². The van der Waals surface area contributed by atoms with Crippen LogP contribution in [0.3, 0.4) is 0 Å². The highest BCUT2D eigenvalue weighted by molar-refractivity contribution is 9.09. The van der Waals surface area contributed by atoms with E-state index in [1.165, 1.54) is 12.5 Å². The van der Waals surface area contributed by atoms with E-state index in [-0.39, 0.29) is 10.8 Å². The van der Waals surface area contributed by atoms with Gasteiger partial charge in [0.2, 0.25) is 6.33 Å². The van der Waals surface area contributed by atoms with Crippen molar-refractivity contribution < 1.29 is 4.92 Å². The third-order valence-corrected chi connectivity index (χ3v) is 2.60. The largest absolute Gasteiger partial charge is 0.381 e. The number of hydrogen-bond acceptors (Lipinski definition) is 3. The summed E-state index contributed by atoms with van der Waals surface area (Å²) in [5, 5.41) is 11.1. The molecule has 0 bridgehead atoms. The molecule has 0 aliphatic rings. The molecule has 0 saturated heterocycles. The molecular formula is C7H7Br2N3O2. The number of alkyl halides is 2. The molecule has 0 aromatic carbocycles. The molecule has 1 heterocycles. The first-order chi connectivity index (χ1) is 6.65. The molecule has 0 saturated carbocycles. The number of halogens is 2. The van der Waals surface area contributed by atoms with Gasteiger partial charge in [0.15, 0.2) is 0 Å². The average molecular weight is 325 g/mol. The van der Waals surface area contributed by atoms with E-state index in [9.17, 15) is 10.1 Å². The van der Waals surface area contributed by atoms with Crippen LogP contribution in [0.25, 0.3) is 0 Å². The Kier molecular flexibility index (Phi) is 4.27. The van der Waals surface area contributed by atoms with Crippen LogP contribution in [-0.4, -0.2) is 19.8 Å². The summed E-state index contributed by atoms with van der Waals surface area (Å²) in [4.78, 5) is 13.3. The van der Waals surface area contributed by atoms with Gasteiger partial charge in [-0.2, -0.15) is 0 Å². The molecule has 1 aromatic rings. The maximum absolute atomic E-state index is 10.3. The van der Waals surface area contributed by atoms with Gasteiger partial charge >= 0.3 is 5.82 Å². The standard InChI is InChI=1S/C7H7Br2N3O2/c8-3-1-2-6(9)11-4-7(10-5-11)12(13)14/h1-2,4-6H,3H2. The minimum Gasteiger partial charge on any atom is -0.358 e. The molecule has 76 valence electrons. The molecule has 1 unspecified atom stereocenters. The third-order valence-electron chi connectivity index (χ3n) is 1.44. The van der Waals surface area contributed by atoms with Crippen molar-refractivity contribution in [3.63, 3.8) is 0 Å². The topological polar surface area (TPSA) is 61.0 Å². The van der Waals surface area contributed by atoms with Crippen molar-refractivity contribution in [2.45, 2.75) is 4.95 Å². The summed E-state index contributed by atoms with van der Waals surface area (Å²) in [6.07, 6.45) is 6.54. The Morgan fingerprint density at radius 3 is 3.00 bits per heavy atom. The van der Waals surface area contributed by atoms with E-state index in [1.54, 1.807) is 4.57 Å². The van der Waals surface area contributed by atoms with Crippen LogP contribution in [0.5, 0.6) is 0 Å². The van der Waals surface area contributed by atoms with Crippen LogP contribution in [0.2, 0.25) is 0 Å². The smallest absolute Gasteiger partial charge is 0.358 e. The molecule has 0 radical (unpaired) electrons. The maximum Gasteiger partial charge on any atom is 0.381 e. The van der Waals surface area contributed by atoms with Crippen LogP contribution in [0.1, 0.15) is 4.95 Å². The molecule has 0 fully saturated rings. The Labute approximate surface area is 97.2 Å². The zero-order chi connectivity index (χ0) is 10.6. The van der Waals surface area contributed by atoms with E-state index in [0.29, 0.717) is 0 Å². The molecule has 7 heteroatoms. The van der Waals surface area contributed by atoms with Crippen molar-refractivity contribution in [2.75, 3.05) is 5.33 Å². The van der Waals surface area contributed by atoms with Gasteiger partial charge in [0.05, 0.1) is 0 Å². The van der Waals surface area contributed by atoms with Crippen molar-refractivity contribution in [3.8, 4) is 0 Å². The Morgan fingerprint density at radius 1 is 1.79 bits per heavy atom. The van der Waals surface area contributed by atoms with Crippen molar-refractivity contribution in [1.29, 1.82) is 0 Å². The molecule has 1 aromatic heterocycles. The van der Waals surface area contributed by atoms with Crippen LogP contribution in [0.15, 0.2) is 24.7 Å². The number of imidazole rings is 1. The van der Waals surface area contributed by atoms with Crippen molar-refractivity contribution in [2.24, 2.45) is 0 Å². The summed E-state index contributed by atoms with van der Waals surface area (Å²) < 4.78 is 1.61. The minimum atomic E-state index is -0.523. The van der Waals surface area contributed by atoms with Gasteiger partial charge < -0.3 is 10.1 Å². The summed E-state index contributed by atoms with van der Waals surface area (Å²) in [6, 6.07) is 0. The number of nitrogens with zero attached hydrogens (tertiary/aromatic N) is 3. The summed E-state index contributed by atoms with van der Waals surface area (Å²) in [5.74, 6) is -0.151. The van der Waals surface area contributed by atoms with Gasteiger partial charge in [-0.1, -0.05) is 44.0 Å². The number of nitro groups is 1. The highest BCUT2D eigenvalue weighted by Crippen LogP contribution is 2.19. The molecule has 5 nitrogen and oxygen atoms in total. The molecule has 0 aliphatic carbocycles. The fourth-order valence-electron chi connectivity index (χ4n) is 0.818. The highest BCUT2D eigenvalue weighted by Gasteiger charge is 2.12. The van der Waals surface area contributed by atoms with Crippen LogP contribution in [0, 0.1) is 10.1 Å². The SMILES string of the molecule is O=[N+]([O-])c1cn(C(Br)C=CCBr)cn1. The Morgan fingerprint density at radius 2 is 2.50 bits per heavy atom. The first kappa shape index (κ1) is 11.4. The number of rotatable bonds is 4. The number of allylic oxidation sites excluding steroid dienone is 2.